The first-order chi connectivity index (χ1) is 12.5. The Labute approximate surface area is 152 Å². The molecule has 0 spiro atoms. The first-order valence-electron chi connectivity index (χ1n) is 8.27. The van der Waals surface area contributed by atoms with Crippen LogP contribution >= 0.6 is 0 Å². The van der Waals surface area contributed by atoms with E-state index in [-0.39, 0.29) is 17.7 Å². The molecule has 0 aliphatic rings. The number of carboxylic acid groups (broad SMARTS) is 2. The van der Waals surface area contributed by atoms with E-state index in [0.717, 1.165) is 5.56 Å². The molecular formula is C18H26O8. The SMILES string of the molecule is COCCOCCc1ccc(C(=O)O)c(C(=O)O)c1CCOCCOC. The van der Waals surface area contributed by atoms with Crippen molar-refractivity contribution in [2.45, 2.75) is 12.8 Å². The van der Waals surface area contributed by atoms with E-state index in [1.807, 2.05) is 0 Å². The molecule has 8 nitrogen and oxygen atoms in total. The molecule has 1 rings (SSSR count). The lowest BCUT2D eigenvalue weighted by Gasteiger charge is -2.15. The van der Waals surface area contributed by atoms with Crippen molar-refractivity contribution < 1.29 is 38.7 Å². The number of rotatable bonds is 14. The van der Waals surface area contributed by atoms with Crippen LogP contribution in [0.4, 0.5) is 0 Å². The van der Waals surface area contributed by atoms with Gasteiger partial charge in [0.25, 0.3) is 0 Å². The zero-order valence-corrected chi connectivity index (χ0v) is 15.2. The molecule has 0 saturated carbocycles. The van der Waals surface area contributed by atoms with E-state index in [1.165, 1.54) is 6.07 Å². The molecule has 0 fully saturated rings. The molecule has 8 heteroatoms. The number of hydrogen-bond acceptors (Lipinski definition) is 6. The molecule has 146 valence electrons. The van der Waals surface area contributed by atoms with Gasteiger partial charge in [0.1, 0.15) is 0 Å². The van der Waals surface area contributed by atoms with Crippen molar-refractivity contribution in [2.24, 2.45) is 0 Å². The Bertz CT molecular complexity index is 585. The van der Waals surface area contributed by atoms with Gasteiger partial charge in [0.2, 0.25) is 0 Å². The standard InChI is InChI=1S/C18H26O8/c1-23-9-11-25-7-5-13-3-4-15(17(19)20)16(18(21)22)14(13)6-8-26-12-10-24-2/h3-4H,5-12H2,1-2H3,(H,19,20)(H,21,22). The number of methoxy groups -OCH3 is 2. The highest BCUT2D eigenvalue weighted by Crippen LogP contribution is 2.22. The van der Waals surface area contributed by atoms with Gasteiger partial charge in [-0.25, -0.2) is 9.59 Å². The monoisotopic (exact) mass is 370 g/mol. The summed E-state index contributed by atoms with van der Waals surface area (Å²) in [6.45, 7) is 2.37. The first-order valence-corrected chi connectivity index (χ1v) is 8.27. The summed E-state index contributed by atoms with van der Waals surface area (Å²) in [4.78, 5) is 23.1. The molecule has 1 aromatic carbocycles. The molecular weight excluding hydrogens is 344 g/mol. The lowest BCUT2D eigenvalue weighted by molar-refractivity contribution is 0.0642. The molecule has 0 heterocycles. The predicted octanol–water partition coefficient (Wildman–Crippen LogP) is 1.49. The van der Waals surface area contributed by atoms with Gasteiger partial charge in [-0.3, -0.25) is 0 Å². The van der Waals surface area contributed by atoms with E-state index in [1.54, 1.807) is 20.3 Å². The summed E-state index contributed by atoms with van der Waals surface area (Å²) in [5, 5.41) is 18.8. The van der Waals surface area contributed by atoms with Crippen LogP contribution in [0.15, 0.2) is 12.1 Å². The Morgan fingerprint density at radius 1 is 0.808 bits per heavy atom. The Morgan fingerprint density at radius 3 is 1.88 bits per heavy atom. The fraction of sp³-hybridized carbons (Fsp3) is 0.556. The normalized spacial score (nSPS) is 10.8. The lowest BCUT2D eigenvalue weighted by atomic mass is 9.92. The quantitative estimate of drug-likeness (QED) is 0.474. The average molecular weight is 370 g/mol. The summed E-state index contributed by atoms with van der Waals surface area (Å²) in [7, 11) is 3.14. The maximum atomic E-state index is 11.7. The zero-order chi connectivity index (χ0) is 19.4. The van der Waals surface area contributed by atoms with Crippen LogP contribution in [0.1, 0.15) is 31.8 Å². The Balaban J connectivity index is 2.96. The molecule has 26 heavy (non-hydrogen) atoms. The van der Waals surface area contributed by atoms with Gasteiger partial charge in [0.05, 0.1) is 50.8 Å². The second kappa shape index (κ2) is 12.4. The molecule has 0 amide bonds. The minimum atomic E-state index is -1.27. The van der Waals surface area contributed by atoms with Crippen LogP contribution in [0.2, 0.25) is 0 Å². The van der Waals surface area contributed by atoms with Crippen LogP contribution in [0.3, 0.4) is 0 Å². The van der Waals surface area contributed by atoms with Gasteiger partial charge >= 0.3 is 11.9 Å². The number of ether oxygens (including phenoxy) is 4. The van der Waals surface area contributed by atoms with Crippen molar-refractivity contribution in [2.75, 3.05) is 53.9 Å². The van der Waals surface area contributed by atoms with E-state index in [0.29, 0.717) is 51.4 Å². The zero-order valence-electron chi connectivity index (χ0n) is 15.2. The van der Waals surface area contributed by atoms with E-state index in [9.17, 15) is 19.8 Å². The van der Waals surface area contributed by atoms with Gasteiger partial charge in [-0.05, 0) is 30.0 Å². The number of carboxylic acids is 2. The molecule has 0 aliphatic carbocycles. The second-order valence-corrected chi connectivity index (χ2v) is 5.45. The Kier molecular flexibility index (Phi) is 10.5. The molecule has 0 aromatic heterocycles. The Hall–Kier alpha value is -2.00. The summed E-state index contributed by atoms with van der Waals surface area (Å²) >= 11 is 0. The summed E-state index contributed by atoms with van der Waals surface area (Å²) in [5.41, 5.74) is 0.779. The van der Waals surface area contributed by atoms with Gasteiger partial charge < -0.3 is 29.2 Å². The molecule has 0 aliphatic heterocycles. The van der Waals surface area contributed by atoms with E-state index < -0.39 is 11.9 Å². The largest absolute Gasteiger partial charge is 0.478 e. The maximum absolute atomic E-state index is 11.7. The number of hydrogen-bond donors (Lipinski definition) is 2. The van der Waals surface area contributed by atoms with Crippen LogP contribution in [-0.2, 0) is 31.8 Å². The minimum absolute atomic E-state index is 0.192. The van der Waals surface area contributed by atoms with Gasteiger partial charge in [0.15, 0.2) is 0 Å². The highest BCUT2D eigenvalue weighted by molar-refractivity contribution is 6.03. The second-order valence-electron chi connectivity index (χ2n) is 5.45. The van der Waals surface area contributed by atoms with Crippen LogP contribution in [0.25, 0.3) is 0 Å². The van der Waals surface area contributed by atoms with Crippen molar-refractivity contribution in [3.05, 3.63) is 34.4 Å². The third-order valence-electron chi connectivity index (χ3n) is 3.73. The van der Waals surface area contributed by atoms with Gasteiger partial charge in [-0.15, -0.1) is 0 Å². The van der Waals surface area contributed by atoms with Crippen molar-refractivity contribution in [1.29, 1.82) is 0 Å². The van der Waals surface area contributed by atoms with Crippen LogP contribution < -0.4 is 0 Å². The summed E-state index contributed by atoms with van der Waals surface area (Å²) in [6.07, 6.45) is 0.761. The summed E-state index contributed by atoms with van der Waals surface area (Å²) < 4.78 is 20.6. The van der Waals surface area contributed by atoms with Crippen molar-refractivity contribution in [1.82, 2.24) is 0 Å². The average Bonchev–Trinajstić information content (AvgIpc) is 2.61. The number of benzene rings is 1. The molecule has 0 radical (unpaired) electrons. The maximum Gasteiger partial charge on any atom is 0.336 e. The lowest BCUT2D eigenvalue weighted by Crippen LogP contribution is -2.17. The van der Waals surface area contributed by atoms with E-state index in [4.69, 9.17) is 18.9 Å². The third-order valence-corrected chi connectivity index (χ3v) is 3.73. The van der Waals surface area contributed by atoms with Crippen LogP contribution in [0.5, 0.6) is 0 Å². The van der Waals surface area contributed by atoms with Crippen molar-refractivity contribution in [3.8, 4) is 0 Å². The fourth-order valence-electron chi connectivity index (χ4n) is 2.48. The summed E-state index contributed by atoms with van der Waals surface area (Å²) in [6, 6.07) is 2.96. The molecule has 2 N–H and O–H groups in total. The molecule has 0 unspecified atom stereocenters. The van der Waals surface area contributed by atoms with Gasteiger partial charge in [0, 0.05) is 14.2 Å². The highest BCUT2D eigenvalue weighted by Gasteiger charge is 2.22. The summed E-state index contributed by atoms with van der Waals surface area (Å²) in [5.74, 6) is -2.54. The van der Waals surface area contributed by atoms with Crippen molar-refractivity contribution >= 4 is 11.9 Å². The van der Waals surface area contributed by atoms with E-state index in [2.05, 4.69) is 0 Å². The topological polar surface area (TPSA) is 112 Å². The van der Waals surface area contributed by atoms with Gasteiger partial charge in [-0.2, -0.15) is 0 Å². The number of aromatic carboxylic acids is 2. The highest BCUT2D eigenvalue weighted by atomic mass is 16.5. The van der Waals surface area contributed by atoms with Gasteiger partial charge in [-0.1, -0.05) is 6.07 Å². The first kappa shape index (κ1) is 22.0. The minimum Gasteiger partial charge on any atom is -0.478 e. The molecule has 0 bridgehead atoms. The smallest absolute Gasteiger partial charge is 0.336 e. The van der Waals surface area contributed by atoms with Crippen molar-refractivity contribution in [3.63, 3.8) is 0 Å². The molecule has 0 saturated heterocycles. The number of carbonyl (C=O) groups is 2. The fourth-order valence-corrected chi connectivity index (χ4v) is 2.48. The van der Waals surface area contributed by atoms with Crippen LogP contribution in [-0.4, -0.2) is 76.0 Å². The predicted molar refractivity (Wildman–Crippen MR) is 93.2 cm³/mol. The third kappa shape index (κ3) is 7.09. The Morgan fingerprint density at radius 2 is 1.38 bits per heavy atom. The van der Waals surface area contributed by atoms with Crippen LogP contribution in [0, 0.1) is 0 Å². The molecule has 0 atom stereocenters. The van der Waals surface area contributed by atoms with E-state index >= 15 is 0 Å². The molecule has 1 aromatic rings.